The summed E-state index contributed by atoms with van der Waals surface area (Å²) < 4.78 is 14.2. The highest BCUT2D eigenvalue weighted by molar-refractivity contribution is 9.10. The third-order valence-corrected chi connectivity index (χ3v) is 4.19. The van der Waals surface area contributed by atoms with Crippen molar-refractivity contribution in [2.75, 3.05) is 0 Å². The Morgan fingerprint density at radius 2 is 2.12 bits per heavy atom. The van der Waals surface area contributed by atoms with Crippen molar-refractivity contribution in [3.8, 4) is 0 Å². The summed E-state index contributed by atoms with van der Waals surface area (Å²) in [6.45, 7) is 1.82. The molecule has 1 aromatic heterocycles. The lowest BCUT2D eigenvalue weighted by Crippen LogP contribution is -2.01. The predicted molar refractivity (Wildman–Crippen MR) is 71.8 cm³/mol. The van der Waals surface area contributed by atoms with E-state index in [-0.39, 0.29) is 5.82 Å². The van der Waals surface area contributed by atoms with Crippen molar-refractivity contribution < 1.29 is 9.50 Å². The number of rotatable bonds is 3. The number of aliphatic hydroxyl groups excluding tert-OH is 1. The molecule has 1 aromatic carbocycles. The molecule has 0 spiro atoms. The molecule has 2 rings (SSSR count). The van der Waals surface area contributed by atoms with E-state index in [9.17, 15) is 9.50 Å². The molecule has 1 unspecified atom stereocenters. The SMILES string of the molecule is Cc1cc(F)cc(C(O)Cc2cc(Br)cs2)c1. The first-order valence-electron chi connectivity index (χ1n) is 5.22. The second-order valence-corrected chi connectivity index (χ2v) is 5.92. The van der Waals surface area contributed by atoms with Crippen LogP contribution in [0, 0.1) is 12.7 Å². The number of thiophene rings is 1. The summed E-state index contributed by atoms with van der Waals surface area (Å²) in [5, 5.41) is 12.0. The van der Waals surface area contributed by atoms with Gasteiger partial charge in [0, 0.05) is 21.2 Å². The van der Waals surface area contributed by atoms with Gasteiger partial charge in [-0.2, -0.15) is 0 Å². The summed E-state index contributed by atoms with van der Waals surface area (Å²) in [5.74, 6) is -0.300. The Morgan fingerprint density at radius 1 is 1.35 bits per heavy atom. The molecule has 1 atom stereocenters. The average Bonchev–Trinajstić information content (AvgIpc) is 2.62. The quantitative estimate of drug-likeness (QED) is 0.898. The predicted octanol–water partition coefficient (Wildman–Crippen LogP) is 4.23. The van der Waals surface area contributed by atoms with E-state index in [1.54, 1.807) is 11.3 Å². The Bertz CT molecular complexity index is 504. The van der Waals surface area contributed by atoms with Gasteiger partial charge in [0.05, 0.1) is 6.10 Å². The van der Waals surface area contributed by atoms with Crippen LogP contribution in [0.4, 0.5) is 4.39 Å². The van der Waals surface area contributed by atoms with Crippen molar-refractivity contribution >= 4 is 27.3 Å². The van der Waals surface area contributed by atoms with Crippen molar-refractivity contribution in [3.63, 3.8) is 0 Å². The molecule has 0 aliphatic rings. The largest absolute Gasteiger partial charge is 0.388 e. The molecule has 4 heteroatoms. The molecule has 0 saturated heterocycles. The van der Waals surface area contributed by atoms with Crippen molar-refractivity contribution in [1.29, 1.82) is 0 Å². The van der Waals surface area contributed by atoms with Gasteiger partial charge in [-0.25, -0.2) is 4.39 Å². The number of benzene rings is 1. The molecule has 1 nitrogen and oxygen atoms in total. The zero-order valence-electron chi connectivity index (χ0n) is 9.28. The van der Waals surface area contributed by atoms with E-state index in [0.717, 1.165) is 14.9 Å². The van der Waals surface area contributed by atoms with Crippen LogP contribution in [-0.2, 0) is 6.42 Å². The molecule has 2 aromatic rings. The van der Waals surface area contributed by atoms with Crippen LogP contribution in [0.25, 0.3) is 0 Å². The molecule has 0 amide bonds. The fraction of sp³-hybridized carbons (Fsp3) is 0.231. The summed E-state index contributed by atoms with van der Waals surface area (Å²) in [4.78, 5) is 1.08. The van der Waals surface area contributed by atoms with Gasteiger partial charge in [-0.05, 0) is 52.2 Å². The lowest BCUT2D eigenvalue weighted by Gasteiger charge is -2.10. The van der Waals surface area contributed by atoms with E-state index in [4.69, 9.17) is 0 Å². The Balaban J connectivity index is 2.16. The van der Waals surface area contributed by atoms with Crippen molar-refractivity contribution in [1.82, 2.24) is 0 Å². The third kappa shape index (κ3) is 3.37. The maximum absolute atomic E-state index is 13.2. The molecule has 1 N–H and O–H groups in total. The third-order valence-electron chi connectivity index (χ3n) is 2.47. The minimum Gasteiger partial charge on any atom is -0.388 e. The van der Waals surface area contributed by atoms with Crippen LogP contribution in [-0.4, -0.2) is 5.11 Å². The normalized spacial score (nSPS) is 12.7. The van der Waals surface area contributed by atoms with Gasteiger partial charge in [0.1, 0.15) is 5.82 Å². The first-order chi connectivity index (χ1) is 8.04. The number of hydrogen-bond acceptors (Lipinski definition) is 2. The zero-order chi connectivity index (χ0) is 12.4. The number of hydrogen-bond donors (Lipinski definition) is 1. The highest BCUT2D eigenvalue weighted by Gasteiger charge is 2.11. The lowest BCUT2D eigenvalue weighted by atomic mass is 10.0. The Hall–Kier alpha value is -0.710. The molecular formula is C13H12BrFOS. The van der Waals surface area contributed by atoms with Crippen LogP contribution in [0.2, 0.25) is 0 Å². The van der Waals surface area contributed by atoms with Crippen LogP contribution < -0.4 is 0 Å². The van der Waals surface area contributed by atoms with Crippen LogP contribution in [0.3, 0.4) is 0 Å². The van der Waals surface area contributed by atoms with E-state index in [0.29, 0.717) is 12.0 Å². The molecule has 90 valence electrons. The fourth-order valence-corrected chi connectivity index (χ4v) is 3.22. The molecule has 0 aliphatic heterocycles. The molecule has 0 fully saturated rings. The lowest BCUT2D eigenvalue weighted by molar-refractivity contribution is 0.179. The Labute approximate surface area is 112 Å². The number of aliphatic hydroxyl groups is 1. The highest BCUT2D eigenvalue weighted by Crippen LogP contribution is 2.26. The van der Waals surface area contributed by atoms with E-state index in [2.05, 4.69) is 15.9 Å². The Kier molecular flexibility index (Phi) is 3.97. The molecular weight excluding hydrogens is 303 g/mol. The molecule has 17 heavy (non-hydrogen) atoms. The van der Waals surface area contributed by atoms with Crippen LogP contribution in [0.15, 0.2) is 34.1 Å². The molecule has 0 bridgehead atoms. The van der Waals surface area contributed by atoms with Crippen LogP contribution >= 0.6 is 27.3 Å². The maximum Gasteiger partial charge on any atom is 0.123 e. The van der Waals surface area contributed by atoms with Gasteiger partial charge in [0.25, 0.3) is 0 Å². The van der Waals surface area contributed by atoms with Gasteiger partial charge in [0.2, 0.25) is 0 Å². The monoisotopic (exact) mass is 314 g/mol. The van der Waals surface area contributed by atoms with E-state index in [1.165, 1.54) is 12.1 Å². The minimum atomic E-state index is -0.657. The zero-order valence-corrected chi connectivity index (χ0v) is 11.7. The summed E-state index contributed by atoms with van der Waals surface area (Å²) in [7, 11) is 0. The van der Waals surface area contributed by atoms with Crippen molar-refractivity contribution in [3.05, 3.63) is 55.9 Å². The second kappa shape index (κ2) is 5.29. The molecule has 1 heterocycles. The summed E-state index contributed by atoms with van der Waals surface area (Å²) in [6.07, 6.45) is -0.144. The molecule has 0 radical (unpaired) electrons. The van der Waals surface area contributed by atoms with E-state index in [1.807, 2.05) is 24.4 Å². The second-order valence-electron chi connectivity index (χ2n) is 4.01. The van der Waals surface area contributed by atoms with Gasteiger partial charge in [-0.15, -0.1) is 11.3 Å². The number of halogens is 2. The number of aryl methyl sites for hydroxylation is 1. The molecule has 0 saturated carbocycles. The summed E-state index contributed by atoms with van der Waals surface area (Å²) >= 11 is 4.95. The topological polar surface area (TPSA) is 20.2 Å². The fourth-order valence-electron chi connectivity index (χ4n) is 1.73. The first kappa shape index (κ1) is 12.7. The smallest absolute Gasteiger partial charge is 0.123 e. The minimum absolute atomic E-state index is 0.300. The van der Waals surface area contributed by atoms with E-state index >= 15 is 0 Å². The first-order valence-corrected chi connectivity index (χ1v) is 6.90. The van der Waals surface area contributed by atoms with Crippen molar-refractivity contribution in [2.24, 2.45) is 0 Å². The highest BCUT2D eigenvalue weighted by atomic mass is 79.9. The van der Waals surface area contributed by atoms with E-state index < -0.39 is 6.10 Å². The van der Waals surface area contributed by atoms with Gasteiger partial charge in [-0.3, -0.25) is 0 Å². The maximum atomic E-state index is 13.2. The van der Waals surface area contributed by atoms with Crippen molar-refractivity contribution in [2.45, 2.75) is 19.4 Å². The van der Waals surface area contributed by atoms with Crippen LogP contribution in [0.1, 0.15) is 22.1 Å². The van der Waals surface area contributed by atoms with Gasteiger partial charge in [0.15, 0.2) is 0 Å². The van der Waals surface area contributed by atoms with Crippen LogP contribution in [0.5, 0.6) is 0 Å². The Morgan fingerprint density at radius 3 is 2.71 bits per heavy atom. The summed E-state index contributed by atoms with van der Waals surface area (Å²) in [6, 6.07) is 6.63. The van der Waals surface area contributed by atoms with Gasteiger partial charge in [-0.1, -0.05) is 6.07 Å². The average molecular weight is 315 g/mol. The summed E-state index contributed by atoms with van der Waals surface area (Å²) in [5.41, 5.74) is 1.46. The molecule has 0 aliphatic carbocycles. The standard InChI is InChI=1S/C13H12BrFOS/c1-8-2-9(4-11(15)3-8)13(16)6-12-5-10(14)7-17-12/h2-5,7,13,16H,6H2,1H3. The van der Waals surface area contributed by atoms with Gasteiger partial charge < -0.3 is 5.11 Å². The van der Waals surface area contributed by atoms with Gasteiger partial charge >= 0.3 is 0 Å².